The molecule has 0 unspecified atom stereocenters. The predicted molar refractivity (Wildman–Crippen MR) is 114 cm³/mol. The molecule has 0 saturated carbocycles. The molecule has 168 valence electrons. The molecule has 32 heavy (non-hydrogen) atoms. The number of tetrazole rings is 1. The summed E-state index contributed by atoms with van der Waals surface area (Å²) in [6, 6.07) is 4.00. The first-order chi connectivity index (χ1) is 15.5. The molecule has 3 aliphatic heterocycles. The third-order valence-corrected chi connectivity index (χ3v) is 7.26. The van der Waals surface area contributed by atoms with Gasteiger partial charge < -0.3 is 14.5 Å². The lowest BCUT2D eigenvalue weighted by Gasteiger charge is -2.38. The molecular formula is C21H24ClN7O3. The van der Waals surface area contributed by atoms with Crippen molar-refractivity contribution >= 4 is 23.5 Å². The topological polar surface area (TPSA) is 106 Å². The minimum atomic E-state index is -0.541. The molecule has 2 fully saturated rings. The van der Waals surface area contributed by atoms with Gasteiger partial charge in [-0.1, -0.05) is 17.7 Å². The number of aromatic nitrogens is 5. The van der Waals surface area contributed by atoms with Crippen molar-refractivity contribution in [3.05, 3.63) is 40.4 Å². The van der Waals surface area contributed by atoms with E-state index in [9.17, 15) is 9.59 Å². The van der Waals surface area contributed by atoms with Crippen LogP contribution in [0.3, 0.4) is 0 Å². The van der Waals surface area contributed by atoms with Crippen LogP contribution in [0.25, 0.3) is 5.82 Å². The molecule has 0 bridgehead atoms. The van der Waals surface area contributed by atoms with Crippen LogP contribution >= 0.6 is 11.6 Å². The van der Waals surface area contributed by atoms with Gasteiger partial charge in [0, 0.05) is 18.8 Å². The van der Waals surface area contributed by atoms with Crippen molar-refractivity contribution in [2.75, 3.05) is 32.8 Å². The Hall–Kier alpha value is -2.85. The van der Waals surface area contributed by atoms with E-state index in [0.717, 1.165) is 51.0 Å². The SMILES string of the molecule is Cc1nc(-n2cnnn2)ccc1CCN1CCC2(CC1)CCN(C1=C(Cl)C(=O)OC1)C2=O. The number of hydrogen-bond acceptors (Lipinski definition) is 8. The molecule has 0 N–H and O–H groups in total. The van der Waals surface area contributed by atoms with Crippen molar-refractivity contribution in [2.24, 2.45) is 5.41 Å². The second kappa shape index (κ2) is 8.25. The largest absolute Gasteiger partial charge is 0.455 e. The van der Waals surface area contributed by atoms with Crippen molar-refractivity contribution in [1.82, 2.24) is 35.0 Å². The van der Waals surface area contributed by atoms with Crippen LogP contribution < -0.4 is 0 Å². The molecule has 2 aromatic heterocycles. The molecule has 11 heteroatoms. The minimum absolute atomic E-state index is 0.0444. The molecule has 0 aromatic carbocycles. The molecule has 5 rings (SSSR count). The first-order valence-electron chi connectivity index (χ1n) is 10.8. The van der Waals surface area contributed by atoms with E-state index in [4.69, 9.17) is 16.3 Å². The zero-order valence-electron chi connectivity index (χ0n) is 17.8. The molecule has 0 radical (unpaired) electrons. The fourth-order valence-electron chi connectivity index (χ4n) is 4.83. The summed E-state index contributed by atoms with van der Waals surface area (Å²) in [5.41, 5.74) is 2.33. The van der Waals surface area contributed by atoms with Gasteiger partial charge in [0.05, 0.1) is 11.1 Å². The average molecular weight is 458 g/mol. The van der Waals surface area contributed by atoms with Crippen molar-refractivity contribution < 1.29 is 14.3 Å². The van der Waals surface area contributed by atoms with Crippen LogP contribution in [0.2, 0.25) is 0 Å². The fraction of sp³-hybridized carbons (Fsp3) is 0.524. The number of hydrogen-bond donors (Lipinski definition) is 0. The Morgan fingerprint density at radius 2 is 1.94 bits per heavy atom. The number of halogens is 1. The number of likely N-dealkylation sites (tertiary alicyclic amines) is 2. The number of cyclic esters (lactones) is 1. The maximum atomic E-state index is 13.2. The number of pyridine rings is 1. The maximum absolute atomic E-state index is 13.2. The number of esters is 1. The van der Waals surface area contributed by atoms with Crippen LogP contribution in [0.5, 0.6) is 0 Å². The number of carbonyl (C=O) groups is 2. The van der Waals surface area contributed by atoms with Gasteiger partial charge in [-0.2, -0.15) is 4.68 Å². The van der Waals surface area contributed by atoms with Crippen molar-refractivity contribution in [2.45, 2.75) is 32.6 Å². The van der Waals surface area contributed by atoms with E-state index in [1.807, 2.05) is 13.0 Å². The van der Waals surface area contributed by atoms with Gasteiger partial charge in [0.15, 0.2) is 5.82 Å². The Balaban J connectivity index is 1.17. The van der Waals surface area contributed by atoms with E-state index >= 15 is 0 Å². The number of carbonyl (C=O) groups excluding carboxylic acids is 2. The van der Waals surface area contributed by atoms with Gasteiger partial charge in [-0.15, -0.1) is 5.10 Å². The highest BCUT2D eigenvalue weighted by molar-refractivity contribution is 6.42. The highest BCUT2D eigenvalue weighted by atomic mass is 35.5. The second-order valence-electron chi connectivity index (χ2n) is 8.58. The summed E-state index contributed by atoms with van der Waals surface area (Å²) in [5, 5.41) is 11.2. The summed E-state index contributed by atoms with van der Waals surface area (Å²) in [6.45, 7) is 5.34. The monoisotopic (exact) mass is 457 g/mol. The summed E-state index contributed by atoms with van der Waals surface area (Å²) in [5.74, 6) is 0.243. The smallest absolute Gasteiger partial charge is 0.352 e. The number of amides is 1. The van der Waals surface area contributed by atoms with Crippen LogP contribution in [0.4, 0.5) is 0 Å². The summed E-state index contributed by atoms with van der Waals surface area (Å²) < 4.78 is 6.52. The number of nitrogens with zero attached hydrogens (tertiary/aromatic N) is 7. The molecular weight excluding hydrogens is 434 g/mol. The van der Waals surface area contributed by atoms with Crippen LogP contribution in [0.1, 0.15) is 30.5 Å². The Morgan fingerprint density at radius 3 is 2.59 bits per heavy atom. The fourth-order valence-corrected chi connectivity index (χ4v) is 5.05. The van der Waals surface area contributed by atoms with Crippen LogP contribution in [-0.4, -0.2) is 79.7 Å². The first kappa shape index (κ1) is 21.0. The molecule has 1 amide bonds. The Morgan fingerprint density at radius 1 is 1.16 bits per heavy atom. The van der Waals surface area contributed by atoms with Gasteiger partial charge in [-0.3, -0.25) is 4.79 Å². The van der Waals surface area contributed by atoms with Crippen molar-refractivity contribution in [3.63, 3.8) is 0 Å². The molecule has 5 heterocycles. The van der Waals surface area contributed by atoms with Gasteiger partial charge in [0.25, 0.3) is 0 Å². The van der Waals surface area contributed by atoms with Gasteiger partial charge in [0.2, 0.25) is 5.91 Å². The van der Waals surface area contributed by atoms with Gasteiger partial charge in [-0.25, -0.2) is 9.78 Å². The average Bonchev–Trinajstić information content (AvgIpc) is 3.52. The van der Waals surface area contributed by atoms with Crippen LogP contribution in [-0.2, 0) is 20.7 Å². The highest BCUT2D eigenvalue weighted by Gasteiger charge is 2.50. The first-order valence-corrected chi connectivity index (χ1v) is 11.1. The molecule has 0 atom stereocenters. The second-order valence-corrected chi connectivity index (χ2v) is 8.96. The van der Waals surface area contributed by atoms with Gasteiger partial charge >= 0.3 is 5.97 Å². The molecule has 1 spiro atoms. The molecule has 10 nitrogen and oxygen atoms in total. The Kier molecular flexibility index (Phi) is 5.42. The lowest BCUT2D eigenvalue weighted by atomic mass is 9.77. The molecule has 2 aromatic rings. The Labute approximate surface area is 190 Å². The van der Waals surface area contributed by atoms with E-state index in [-0.39, 0.29) is 23.0 Å². The lowest BCUT2D eigenvalue weighted by Crippen LogP contribution is -2.45. The third kappa shape index (κ3) is 3.67. The highest BCUT2D eigenvalue weighted by Crippen LogP contribution is 2.44. The molecule has 0 aliphatic carbocycles. The maximum Gasteiger partial charge on any atom is 0.352 e. The van der Waals surface area contributed by atoms with E-state index in [0.29, 0.717) is 18.1 Å². The summed E-state index contributed by atoms with van der Waals surface area (Å²) in [4.78, 5) is 33.5. The van der Waals surface area contributed by atoms with Crippen LogP contribution in [0, 0.1) is 12.3 Å². The zero-order chi connectivity index (χ0) is 22.3. The van der Waals surface area contributed by atoms with E-state index in [1.165, 1.54) is 11.9 Å². The van der Waals surface area contributed by atoms with E-state index in [1.54, 1.807) is 9.58 Å². The standard InChI is InChI=1S/C21H24ClN7O3/c1-14-15(2-3-17(24-14)29-13-23-25-26-29)4-8-27-9-5-21(6-10-27)7-11-28(20(21)31)16-12-32-19(30)18(16)22/h2-3,13H,4-12H2,1H3. The van der Waals surface area contributed by atoms with Crippen molar-refractivity contribution in [3.8, 4) is 5.82 Å². The number of piperidine rings is 1. The number of aryl methyl sites for hydroxylation is 1. The van der Waals surface area contributed by atoms with Gasteiger partial charge in [0.1, 0.15) is 18.0 Å². The summed E-state index contributed by atoms with van der Waals surface area (Å²) in [6.07, 6.45) is 4.85. The van der Waals surface area contributed by atoms with Crippen LogP contribution in [0.15, 0.2) is 29.2 Å². The van der Waals surface area contributed by atoms with E-state index < -0.39 is 5.97 Å². The van der Waals surface area contributed by atoms with E-state index in [2.05, 4.69) is 31.5 Å². The normalized spacial score (nSPS) is 21.1. The molecule has 3 aliphatic rings. The molecule has 2 saturated heterocycles. The zero-order valence-corrected chi connectivity index (χ0v) is 18.6. The minimum Gasteiger partial charge on any atom is -0.455 e. The lowest BCUT2D eigenvalue weighted by molar-refractivity contribution is -0.138. The van der Waals surface area contributed by atoms with Crippen molar-refractivity contribution in [1.29, 1.82) is 0 Å². The van der Waals surface area contributed by atoms with Gasteiger partial charge in [-0.05, 0) is 67.8 Å². The summed E-state index contributed by atoms with van der Waals surface area (Å²) >= 11 is 6.06. The Bertz CT molecular complexity index is 1080. The third-order valence-electron chi connectivity index (χ3n) is 6.89. The number of rotatable bonds is 5. The predicted octanol–water partition coefficient (Wildman–Crippen LogP) is 1.23. The quantitative estimate of drug-likeness (QED) is 0.617. The number of ether oxygens (including phenoxy) is 1. The summed E-state index contributed by atoms with van der Waals surface area (Å²) in [7, 11) is 0.